The van der Waals surface area contributed by atoms with Crippen LogP contribution in [0.1, 0.15) is 23.6 Å². The third kappa shape index (κ3) is 7.42. The van der Waals surface area contributed by atoms with E-state index in [0.717, 1.165) is 61.6 Å². The molecule has 8 heteroatoms. The van der Waals surface area contributed by atoms with Gasteiger partial charge in [-0.1, -0.05) is 13.0 Å². The zero-order valence-electron chi connectivity index (χ0n) is 21.8. The predicted octanol–water partition coefficient (Wildman–Crippen LogP) is 3.88. The van der Waals surface area contributed by atoms with Gasteiger partial charge in [0.15, 0.2) is 23.0 Å². The smallest absolute Gasteiger partial charge is 0.227 e. The minimum atomic E-state index is 0. The molecule has 1 heterocycles. The van der Waals surface area contributed by atoms with E-state index < -0.39 is 0 Å². The SMILES string of the molecule is COc1ccc(CCN(C)CC(C)CN2CCc3cc(OC)c(OC)cc3CC2=O)cc1OC.Cl. The number of rotatable bonds is 11. The lowest BCUT2D eigenvalue weighted by atomic mass is 10.0. The number of fused-ring (bicyclic) bond motifs is 1. The first-order chi connectivity index (χ1) is 16.4. The van der Waals surface area contributed by atoms with Gasteiger partial charge in [-0.05, 0) is 66.8 Å². The topological polar surface area (TPSA) is 60.5 Å². The van der Waals surface area contributed by atoms with Crippen molar-refractivity contribution in [2.24, 2.45) is 5.92 Å². The van der Waals surface area contributed by atoms with Crippen molar-refractivity contribution in [3.05, 3.63) is 47.0 Å². The molecule has 2 aromatic carbocycles. The van der Waals surface area contributed by atoms with E-state index in [1.54, 1.807) is 28.4 Å². The molecule has 35 heavy (non-hydrogen) atoms. The maximum atomic E-state index is 13.0. The summed E-state index contributed by atoms with van der Waals surface area (Å²) in [4.78, 5) is 17.3. The Balaban J connectivity index is 0.00000432. The Morgan fingerprint density at radius 2 is 1.51 bits per heavy atom. The Hall–Kier alpha value is -2.64. The Morgan fingerprint density at radius 1 is 0.914 bits per heavy atom. The molecular weight excluding hydrogens is 468 g/mol. The summed E-state index contributed by atoms with van der Waals surface area (Å²) in [6.45, 7) is 5.54. The number of halogens is 1. The first-order valence-electron chi connectivity index (χ1n) is 11.8. The van der Waals surface area contributed by atoms with Crippen molar-refractivity contribution in [1.82, 2.24) is 9.80 Å². The summed E-state index contributed by atoms with van der Waals surface area (Å²) in [5.74, 6) is 3.43. The molecule has 3 rings (SSSR count). The van der Waals surface area contributed by atoms with Crippen LogP contribution in [0.4, 0.5) is 0 Å². The molecule has 2 aromatic rings. The largest absolute Gasteiger partial charge is 0.493 e. The standard InChI is InChI=1S/C27H38N2O5.ClH/c1-19(17-28(2)11-9-20-7-8-23(31-3)24(13-20)32-4)18-29-12-10-21-14-25(33-5)26(34-6)15-22(21)16-27(29)30;/h7-8,13-15,19H,9-12,16-18H2,1-6H3;1H. The molecule has 0 saturated heterocycles. The third-order valence-corrected chi connectivity index (χ3v) is 6.44. The minimum absolute atomic E-state index is 0. The molecule has 0 radical (unpaired) electrons. The van der Waals surface area contributed by atoms with Gasteiger partial charge in [0, 0.05) is 26.2 Å². The van der Waals surface area contributed by atoms with E-state index in [1.165, 1.54) is 5.56 Å². The number of nitrogens with zero attached hydrogens (tertiary/aromatic N) is 2. The zero-order valence-corrected chi connectivity index (χ0v) is 22.6. The van der Waals surface area contributed by atoms with Gasteiger partial charge >= 0.3 is 0 Å². The molecule has 1 atom stereocenters. The predicted molar refractivity (Wildman–Crippen MR) is 141 cm³/mol. The van der Waals surface area contributed by atoms with Crippen LogP contribution in [-0.2, 0) is 24.1 Å². The number of carbonyl (C=O) groups excluding carboxylic acids is 1. The van der Waals surface area contributed by atoms with Crippen LogP contribution in [0, 0.1) is 5.92 Å². The van der Waals surface area contributed by atoms with Crippen LogP contribution < -0.4 is 18.9 Å². The number of amides is 1. The van der Waals surface area contributed by atoms with Gasteiger partial charge in [-0.2, -0.15) is 0 Å². The lowest BCUT2D eigenvalue weighted by Crippen LogP contribution is -2.39. The lowest BCUT2D eigenvalue weighted by Gasteiger charge is -2.27. The Morgan fingerprint density at radius 3 is 2.14 bits per heavy atom. The van der Waals surface area contributed by atoms with Gasteiger partial charge in [-0.25, -0.2) is 0 Å². The number of hydrogen-bond acceptors (Lipinski definition) is 6. The average Bonchev–Trinajstić information content (AvgIpc) is 2.99. The van der Waals surface area contributed by atoms with Crippen LogP contribution in [0.15, 0.2) is 30.3 Å². The molecule has 1 aliphatic heterocycles. The van der Waals surface area contributed by atoms with Gasteiger partial charge in [0.2, 0.25) is 5.91 Å². The fourth-order valence-electron chi connectivity index (χ4n) is 4.62. The van der Waals surface area contributed by atoms with E-state index in [2.05, 4.69) is 24.9 Å². The summed E-state index contributed by atoms with van der Waals surface area (Å²) in [6, 6.07) is 10.0. The fourth-order valence-corrected chi connectivity index (χ4v) is 4.62. The van der Waals surface area contributed by atoms with Gasteiger partial charge in [0.25, 0.3) is 0 Å². The maximum absolute atomic E-state index is 13.0. The summed E-state index contributed by atoms with van der Waals surface area (Å²) in [5, 5.41) is 0. The molecular formula is C27H39ClN2O5. The summed E-state index contributed by atoms with van der Waals surface area (Å²) < 4.78 is 21.6. The molecule has 1 amide bonds. The quantitative estimate of drug-likeness (QED) is 0.461. The van der Waals surface area contributed by atoms with E-state index >= 15 is 0 Å². The van der Waals surface area contributed by atoms with Crippen LogP contribution in [-0.4, -0.2) is 77.4 Å². The van der Waals surface area contributed by atoms with Crippen molar-refractivity contribution < 1.29 is 23.7 Å². The van der Waals surface area contributed by atoms with Crippen molar-refractivity contribution in [2.75, 3.05) is 61.7 Å². The molecule has 1 unspecified atom stereocenters. The average molecular weight is 507 g/mol. The number of methoxy groups -OCH3 is 4. The van der Waals surface area contributed by atoms with Gasteiger partial charge in [0.1, 0.15) is 0 Å². The second-order valence-electron chi connectivity index (χ2n) is 9.05. The van der Waals surface area contributed by atoms with Crippen LogP contribution in [0.2, 0.25) is 0 Å². The summed E-state index contributed by atoms with van der Waals surface area (Å²) in [5.41, 5.74) is 3.40. The van der Waals surface area contributed by atoms with Crippen molar-refractivity contribution in [3.8, 4) is 23.0 Å². The van der Waals surface area contributed by atoms with E-state index in [4.69, 9.17) is 18.9 Å². The monoisotopic (exact) mass is 506 g/mol. The van der Waals surface area contributed by atoms with Gasteiger partial charge in [-0.3, -0.25) is 4.79 Å². The van der Waals surface area contributed by atoms with Crippen LogP contribution in [0.25, 0.3) is 0 Å². The molecule has 0 saturated carbocycles. The lowest BCUT2D eigenvalue weighted by molar-refractivity contribution is -0.130. The third-order valence-electron chi connectivity index (χ3n) is 6.44. The highest BCUT2D eigenvalue weighted by molar-refractivity contribution is 5.85. The van der Waals surface area contributed by atoms with E-state index in [9.17, 15) is 4.79 Å². The highest BCUT2D eigenvalue weighted by atomic mass is 35.5. The van der Waals surface area contributed by atoms with E-state index in [-0.39, 0.29) is 18.3 Å². The van der Waals surface area contributed by atoms with Crippen molar-refractivity contribution in [3.63, 3.8) is 0 Å². The van der Waals surface area contributed by atoms with E-state index in [0.29, 0.717) is 23.8 Å². The van der Waals surface area contributed by atoms with Gasteiger partial charge in [-0.15, -0.1) is 12.4 Å². The summed E-state index contributed by atoms with van der Waals surface area (Å²) in [7, 11) is 8.70. The first-order valence-corrected chi connectivity index (χ1v) is 11.8. The van der Waals surface area contributed by atoms with E-state index in [1.807, 2.05) is 29.2 Å². The number of hydrogen-bond donors (Lipinski definition) is 0. The molecule has 0 aliphatic carbocycles. The van der Waals surface area contributed by atoms with Gasteiger partial charge < -0.3 is 28.7 Å². The molecule has 0 spiro atoms. The maximum Gasteiger partial charge on any atom is 0.227 e. The minimum Gasteiger partial charge on any atom is -0.493 e. The molecule has 194 valence electrons. The molecule has 1 aliphatic rings. The van der Waals surface area contributed by atoms with Crippen molar-refractivity contribution in [1.29, 1.82) is 0 Å². The molecule has 0 aromatic heterocycles. The van der Waals surface area contributed by atoms with Crippen LogP contribution in [0.5, 0.6) is 23.0 Å². The Kier molecular flexibility index (Phi) is 11.0. The summed E-state index contributed by atoms with van der Waals surface area (Å²) >= 11 is 0. The van der Waals surface area contributed by atoms with Crippen molar-refractivity contribution >= 4 is 18.3 Å². The molecule has 7 nitrogen and oxygen atoms in total. The zero-order chi connectivity index (χ0) is 24.7. The van der Waals surface area contributed by atoms with Crippen LogP contribution in [0.3, 0.4) is 0 Å². The fraction of sp³-hybridized carbons (Fsp3) is 0.519. The number of benzene rings is 2. The normalized spacial score (nSPS) is 14.0. The Bertz CT molecular complexity index is 984. The first kappa shape index (κ1) is 28.6. The van der Waals surface area contributed by atoms with Crippen LogP contribution >= 0.6 is 12.4 Å². The van der Waals surface area contributed by atoms with Crippen molar-refractivity contribution in [2.45, 2.75) is 26.2 Å². The number of ether oxygens (including phenoxy) is 4. The molecule has 0 fully saturated rings. The number of likely N-dealkylation sites (N-methyl/N-ethyl adjacent to an activating group) is 1. The van der Waals surface area contributed by atoms with Gasteiger partial charge in [0.05, 0.1) is 34.9 Å². The molecule has 0 bridgehead atoms. The highest BCUT2D eigenvalue weighted by Crippen LogP contribution is 2.32. The molecule has 0 N–H and O–H groups in total. The second kappa shape index (κ2) is 13.4. The number of carbonyl (C=O) groups is 1. The second-order valence-corrected chi connectivity index (χ2v) is 9.05. The Labute approximate surface area is 215 Å². The summed E-state index contributed by atoms with van der Waals surface area (Å²) in [6.07, 6.45) is 2.14. The highest BCUT2D eigenvalue weighted by Gasteiger charge is 2.24.